The quantitative estimate of drug-likeness (QED) is 0.675. The van der Waals surface area contributed by atoms with E-state index in [2.05, 4.69) is 12.2 Å². The summed E-state index contributed by atoms with van der Waals surface area (Å²) < 4.78 is 36.8. The van der Waals surface area contributed by atoms with Gasteiger partial charge in [0.05, 0.1) is 5.75 Å². The van der Waals surface area contributed by atoms with E-state index in [1.54, 1.807) is 12.1 Å². The predicted molar refractivity (Wildman–Crippen MR) is 85.9 cm³/mol. The van der Waals surface area contributed by atoms with Crippen LogP contribution < -0.4 is 5.32 Å². The minimum Gasteiger partial charge on any atom is -0.316 e. The molecule has 21 heavy (non-hydrogen) atoms. The molecule has 1 aromatic carbocycles. The Morgan fingerprint density at radius 2 is 1.76 bits per heavy atom. The van der Waals surface area contributed by atoms with Gasteiger partial charge in [-0.25, -0.2) is 12.8 Å². The minimum absolute atomic E-state index is 0.101. The van der Waals surface area contributed by atoms with Gasteiger partial charge in [0.1, 0.15) is 15.7 Å². The maximum absolute atomic E-state index is 13.0. The Morgan fingerprint density at radius 1 is 1.10 bits per heavy atom. The molecule has 0 fully saturated rings. The molecule has 1 rings (SSSR count). The molecule has 5 heteroatoms. The van der Waals surface area contributed by atoms with Crippen LogP contribution in [0.1, 0.15) is 44.6 Å². The lowest BCUT2D eigenvalue weighted by molar-refractivity contribution is 0.552. The minimum atomic E-state index is -2.98. The third-order valence-corrected chi connectivity index (χ3v) is 5.34. The molecule has 0 spiro atoms. The molecule has 0 saturated heterocycles. The number of rotatable bonds is 10. The van der Waals surface area contributed by atoms with Crippen molar-refractivity contribution in [2.24, 2.45) is 0 Å². The highest BCUT2D eigenvalue weighted by Crippen LogP contribution is 2.20. The summed E-state index contributed by atoms with van der Waals surface area (Å²) in [4.78, 5) is 0. The first-order chi connectivity index (χ1) is 9.98. The summed E-state index contributed by atoms with van der Waals surface area (Å²) in [5.41, 5.74) is 0.992. The molecule has 1 N–H and O–H groups in total. The molecule has 0 amide bonds. The Labute approximate surface area is 127 Å². The van der Waals surface area contributed by atoms with Gasteiger partial charge < -0.3 is 5.32 Å². The van der Waals surface area contributed by atoms with Gasteiger partial charge >= 0.3 is 0 Å². The van der Waals surface area contributed by atoms with Gasteiger partial charge in [0.2, 0.25) is 0 Å². The molecule has 0 aromatic heterocycles. The summed E-state index contributed by atoms with van der Waals surface area (Å²) in [5.74, 6) is 0.267. The summed E-state index contributed by atoms with van der Waals surface area (Å²) in [6.07, 6.45) is 2.26. The van der Waals surface area contributed by atoms with Crippen molar-refractivity contribution in [3.63, 3.8) is 0 Å². The molecule has 3 nitrogen and oxygen atoms in total. The lowest BCUT2D eigenvalue weighted by Gasteiger charge is -2.18. The predicted octanol–water partition coefficient (Wildman–Crippen LogP) is 3.12. The smallest absolute Gasteiger partial charge is 0.150 e. The largest absolute Gasteiger partial charge is 0.316 e. The van der Waals surface area contributed by atoms with Crippen molar-refractivity contribution in [1.82, 2.24) is 5.32 Å². The van der Waals surface area contributed by atoms with E-state index >= 15 is 0 Å². The Balaban J connectivity index is 2.70. The van der Waals surface area contributed by atoms with E-state index in [4.69, 9.17) is 0 Å². The summed E-state index contributed by atoms with van der Waals surface area (Å²) in [7, 11) is -2.98. The van der Waals surface area contributed by atoms with Crippen LogP contribution in [-0.2, 0) is 9.84 Å². The van der Waals surface area contributed by atoms with Crippen molar-refractivity contribution in [3.8, 4) is 0 Å². The van der Waals surface area contributed by atoms with Crippen LogP contribution in [0.2, 0.25) is 0 Å². The second kappa shape index (κ2) is 9.15. The van der Waals surface area contributed by atoms with Crippen molar-refractivity contribution in [2.75, 3.05) is 24.6 Å². The van der Waals surface area contributed by atoms with Crippen LogP contribution >= 0.6 is 0 Å². The average molecular weight is 315 g/mol. The highest BCUT2D eigenvalue weighted by atomic mass is 32.2. The van der Waals surface area contributed by atoms with Crippen molar-refractivity contribution >= 4 is 9.84 Å². The van der Waals surface area contributed by atoms with Crippen LogP contribution in [0.4, 0.5) is 4.39 Å². The van der Waals surface area contributed by atoms with E-state index in [0.717, 1.165) is 25.1 Å². The molecule has 1 atom stereocenters. The zero-order chi connectivity index (χ0) is 15.7. The molecule has 0 heterocycles. The fourth-order valence-corrected chi connectivity index (χ4v) is 3.78. The lowest BCUT2D eigenvalue weighted by Crippen LogP contribution is -2.24. The van der Waals surface area contributed by atoms with Crippen LogP contribution in [0.15, 0.2) is 24.3 Å². The van der Waals surface area contributed by atoms with Gasteiger partial charge in [0.25, 0.3) is 0 Å². The van der Waals surface area contributed by atoms with Crippen LogP contribution in [0, 0.1) is 5.82 Å². The highest BCUT2D eigenvalue weighted by molar-refractivity contribution is 7.91. The number of sulfone groups is 1. The summed E-state index contributed by atoms with van der Waals surface area (Å²) >= 11 is 0. The number of hydrogen-bond donors (Lipinski definition) is 1. The first kappa shape index (κ1) is 18.1. The Hall–Kier alpha value is -0.940. The first-order valence-corrected chi connectivity index (χ1v) is 9.47. The maximum atomic E-state index is 13.0. The van der Waals surface area contributed by atoms with E-state index in [9.17, 15) is 12.8 Å². The zero-order valence-corrected chi connectivity index (χ0v) is 13.8. The van der Waals surface area contributed by atoms with E-state index in [0.29, 0.717) is 12.8 Å². The molecule has 1 unspecified atom stereocenters. The van der Waals surface area contributed by atoms with E-state index in [1.807, 2.05) is 6.92 Å². The van der Waals surface area contributed by atoms with Crippen LogP contribution in [0.5, 0.6) is 0 Å². The third kappa shape index (κ3) is 7.05. The highest BCUT2D eigenvalue weighted by Gasteiger charge is 2.16. The second-order valence-corrected chi connectivity index (χ2v) is 7.70. The molecule has 0 saturated carbocycles. The van der Waals surface area contributed by atoms with Gasteiger partial charge in [-0.15, -0.1) is 0 Å². The Morgan fingerprint density at radius 3 is 2.33 bits per heavy atom. The van der Waals surface area contributed by atoms with Gasteiger partial charge in [-0.1, -0.05) is 26.0 Å². The van der Waals surface area contributed by atoms with Crippen molar-refractivity contribution in [1.29, 1.82) is 0 Å². The SMILES string of the molecule is CCCNCC(CCS(=O)(=O)CCC)c1ccc(F)cc1. The second-order valence-electron chi connectivity index (χ2n) is 5.39. The molecule has 0 bridgehead atoms. The molecule has 120 valence electrons. The van der Waals surface area contributed by atoms with Crippen LogP contribution in [0.25, 0.3) is 0 Å². The molecule has 1 aromatic rings. The normalized spacial score (nSPS) is 13.3. The number of hydrogen-bond acceptors (Lipinski definition) is 3. The molecule has 0 aliphatic rings. The monoisotopic (exact) mass is 315 g/mol. The Kier molecular flexibility index (Phi) is 7.89. The number of benzene rings is 1. The van der Waals surface area contributed by atoms with Crippen molar-refractivity contribution < 1.29 is 12.8 Å². The molecule has 0 aliphatic carbocycles. The van der Waals surface area contributed by atoms with E-state index in [-0.39, 0.29) is 23.2 Å². The van der Waals surface area contributed by atoms with Gasteiger partial charge in [0, 0.05) is 12.3 Å². The van der Waals surface area contributed by atoms with Gasteiger partial charge in [0.15, 0.2) is 0 Å². The summed E-state index contributed by atoms with van der Waals surface area (Å²) in [6, 6.07) is 6.37. The van der Waals surface area contributed by atoms with Gasteiger partial charge in [-0.05, 0) is 49.4 Å². The van der Waals surface area contributed by atoms with Gasteiger partial charge in [-0.2, -0.15) is 0 Å². The molecular formula is C16H26FNO2S. The molecular weight excluding hydrogens is 289 g/mol. The number of halogens is 1. The van der Waals surface area contributed by atoms with Gasteiger partial charge in [-0.3, -0.25) is 0 Å². The zero-order valence-electron chi connectivity index (χ0n) is 12.9. The molecule has 0 aliphatic heterocycles. The topological polar surface area (TPSA) is 46.2 Å². The standard InChI is InChI=1S/C16H26FNO2S/c1-3-10-18-13-15(9-12-21(19,20)11-4-2)14-5-7-16(17)8-6-14/h5-8,15,18H,3-4,9-13H2,1-2H3. The lowest BCUT2D eigenvalue weighted by atomic mass is 9.96. The summed E-state index contributed by atoms with van der Waals surface area (Å²) in [5, 5.41) is 3.33. The van der Waals surface area contributed by atoms with Crippen molar-refractivity contribution in [3.05, 3.63) is 35.6 Å². The van der Waals surface area contributed by atoms with E-state index < -0.39 is 9.84 Å². The fraction of sp³-hybridized carbons (Fsp3) is 0.625. The van der Waals surface area contributed by atoms with E-state index in [1.165, 1.54) is 12.1 Å². The van der Waals surface area contributed by atoms with Crippen LogP contribution in [0.3, 0.4) is 0 Å². The maximum Gasteiger partial charge on any atom is 0.150 e. The third-order valence-electron chi connectivity index (χ3n) is 3.45. The fourth-order valence-electron chi connectivity index (χ4n) is 2.31. The first-order valence-electron chi connectivity index (χ1n) is 7.65. The van der Waals surface area contributed by atoms with Crippen LogP contribution in [-0.4, -0.2) is 33.0 Å². The molecule has 0 radical (unpaired) electrons. The van der Waals surface area contributed by atoms with Crippen molar-refractivity contribution in [2.45, 2.75) is 39.0 Å². The average Bonchev–Trinajstić information content (AvgIpc) is 2.44. The Bertz CT molecular complexity index is 500. The summed E-state index contributed by atoms with van der Waals surface area (Å²) in [6.45, 7) is 5.59. The number of nitrogens with one attached hydrogen (secondary N) is 1.